The average Bonchev–Trinajstić information content (AvgIpc) is 2.15. The van der Waals surface area contributed by atoms with Gasteiger partial charge in [-0.15, -0.1) is 11.8 Å². The second-order valence-electron chi connectivity index (χ2n) is 2.97. The van der Waals surface area contributed by atoms with E-state index in [0.29, 0.717) is 0 Å². The van der Waals surface area contributed by atoms with Crippen LogP contribution in [0, 0.1) is 0 Å². The zero-order valence-corrected chi connectivity index (χ0v) is 8.75. The van der Waals surface area contributed by atoms with E-state index in [-0.39, 0.29) is 6.04 Å². The molecule has 14 heavy (non-hydrogen) atoms. The standard InChI is InChI=1S/C10H13NO2S/c1-8(11-10(12)13)7-14-9-5-3-2-4-6-9/h2-6,8,11H,7H2,1H3,(H,12,13). The van der Waals surface area contributed by atoms with E-state index >= 15 is 0 Å². The molecular weight excluding hydrogens is 198 g/mol. The molecule has 0 saturated carbocycles. The van der Waals surface area contributed by atoms with Gasteiger partial charge in [0.2, 0.25) is 0 Å². The maximum absolute atomic E-state index is 10.3. The van der Waals surface area contributed by atoms with Crippen LogP contribution in [0.3, 0.4) is 0 Å². The smallest absolute Gasteiger partial charge is 0.404 e. The molecule has 1 amide bonds. The number of carbonyl (C=O) groups is 1. The first-order valence-electron chi connectivity index (χ1n) is 4.36. The van der Waals surface area contributed by atoms with E-state index in [1.165, 1.54) is 0 Å². The van der Waals surface area contributed by atoms with Crippen LogP contribution in [0.15, 0.2) is 35.2 Å². The van der Waals surface area contributed by atoms with Crippen LogP contribution in [0.2, 0.25) is 0 Å². The molecule has 4 heteroatoms. The second-order valence-corrected chi connectivity index (χ2v) is 4.07. The summed E-state index contributed by atoms with van der Waals surface area (Å²) in [4.78, 5) is 11.5. The third-order valence-corrected chi connectivity index (χ3v) is 2.89. The molecule has 1 aromatic rings. The van der Waals surface area contributed by atoms with Crippen molar-refractivity contribution in [3.63, 3.8) is 0 Å². The summed E-state index contributed by atoms with van der Waals surface area (Å²) in [7, 11) is 0. The first-order chi connectivity index (χ1) is 6.68. The van der Waals surface area contributed by atoms with Crippen LogP contribution in [-0.2, 0) is 0 Å². The molecule has 1 unspecified atom stereocenters. The molecule has 0 spiro atoms. The summed E-state index contributed by atoms with van der Waals surface area (Å²) in [5.41, 5.74) is 0. The summed E-state index contributed by atoms with van der Waals surface area (Å²) in [6.07, 6.45) is -0.967. The lowest BCUT2D eigenvalue weighted by Gasteiger charge is -2.10. The van der Waals surface area contributed by atoms with Crippen molar-refractivity contribution in [2.45, 2.75) is 17.9 Å². The van der Waals surface area contributed by atoms with Crippen LogP contribution in [0.4, 0.5) is 4.79 Å². The van der Waals surface area contributed by atoms with Crippen molar-refractivity contribution < 1.29 is 9.90 Å². The number of hydrogen-bond donors (Lipinski definition) is 2. The fourth-order valence-electron chi connectivity index (χ4n) is 0.990. The minimum Gasteiger partial charge on any atom is -0.465 e. The summed E-state index contributed by atoms with van der Waals surface area (Å²) >= 11 is 1.64. The number of rotatable bonds is 4. The van der Waals surface area contributed by atoms with E-state index in [0.717, 1.165) is 10.6 Å². The lowest BCUT2D eigenvalue weighted by molar-refractivity contribution is 0.192. The van der Waals surface area contributed by atoms with E-state index in [2.05, 4.69) is 5.32 Å². The quantitative estimate of drug-likeness (QED) is 0.752. The van der Waals surface area contributed by atoms with Crippen LogP contribution >= 0.6 is 11.8 Å². The molecule has 0 bridgehead atoms. The van der Waals surface area contributed by atoms with Crippen LogP contribution in [0.25, 0.3) is 0 Å². The molecule has 1 rings (SSSR count). The highest BCUT2D eigenvalue weighted by Crippen LogP contribution is 2.17. The molecular formula is C10H13NO2S. The highest BCUT2D eigenvalue weighted by atomic mass is 32.2. The summed E-state index contributed by atoms with van der Waals surface area (Å²) in [6, 6.07) is 9.90. The highest BCUT2D eigenvalue weighted by Gasteiger charge is 2.04. The Bertz CT molecular complexity index is 289. The van der Waals surface area contributed by atoms with Crippen molar-refractivity contribution in [2.75, 3.05) is 5.75 Å². The number of benzene rings is 1. The Balaban J connectivity index is 2.30. The zero-order valence-electron chi connectivity index (χ0n) is 7.93. The monoisotopic (exact) mass is 211 g/mol. The predicted octanol–water partition coefficient (Wildman–Crippen LogP) is 2.43. The van der Waals surface area contributed by atoms with Crippen molar-refractivity contribution in [3.05, 3.63) is 30.3 Å². The van der Waals surface area contributed by atoms with Crippen LogP contribution in [0.1, 0.15) is 6.92 Å². The number of amides is 1. The first-order valence-corrected chi connectivity index (χ1v) is 5.34. The lowest BCUT2D eigenvalue weighted by atomic mass is 10.4. The van der Waals surface area contributed by atoms with Gasteiger partial charge in [0.25, 0.3) is 0 Å². The predicted molar refractivity (Wildman–Crippen MR) is 57.8 cm³/mol. The Morgan fingerprint density at radius 2 is 2.14 bits per heavy atom. The Hall–Kier alpha value is -1.16. The third kappa shape index (κ3) is 4.18. The number of thioether (sulfide) groups is 1. The average molecular weight is 211 g/mol. The van der Waals surface area contributed by atoms with Gasteiger partial charge >= 0.3 is 6.09 Å². The molecule has 0 aliphatic heterocycles. The SMILES string of the molecule is CC(CSc1ccccc1)NC(=O)O. The highest BCUT2D eigenvalue weighted by molar-refractivity contribution is 7.99. The van der Waals surface area contributed by atoms with E-state index in [4.69, 9.17) is 5.11 Å². The van der Waals surface area contributed by atoms with Gasteiger partial charge in [0.05, 0.1) is 0 Å². The van der Waals surface area contributed by atoms with Crippen molar-refractivity contribution in [1.29, 1.82) is 0 Å². The van der Waals surface area contributed by atoms with E-state index < -0.39 is 6.09 Å². The molecule has 2 N–H and O–H groups in total. The summed E-state index contributed by atoms with van der Waals surface area (Å²) in [6.45, 7) is 1.85. The summed E-state index contributed by atoms with van der Waals surface area (Å²) in [5, 5.41) is 10.9. The Kier molecular flexibility index (Phi) is 4.32. The van der Waals surface area contributed by atoms with E-state index in [1.54, 1.807) is 11.8 Å². The van der Waals surface area contributed by atoms with Gasteiger partial charge in [-0.1, -0.05) is 18.2 Å². The van der Waals surface area contributed by atoms with Gasteiger partial charge in [0.1, 0.15) is 0 Å². The van der Waals surface area contributed by atoms with Gasteiger partial charge in [-0.3, -0.25) is 0 Å². The molecule has 0 aromatic heterocycles. The fraction of sp³-hybridized carbons (Fsp3) is 0.300. The lowest BCUT2D eigenvalue weighted by Crippen LogP contribution is -2.32. The normalized spacial score (nSPS) is 12.1. The minimum absolute atomic E-state index is 0.0299. The zero-order chi connectivity index (χ0) is 10.4. The van der Waals surface area contributed by atoms with E-state index in [9.17, 15) is 4.79 Å². The van der Waals surface area contributed by atoms with Gasteiger partial charge in [0.15, 0.2) is 0 Å². The summed E-state index contributed by atoms with van der Waals surface area (Å²) in [5.74, 6) is 0.746. The topological polar surface area (TPSA) is 49.3 Å². The molecule has 0 aliphatic rings. The number of hydrogen-bond acceptors (Lipinski definition) is 2. The molecule has 0 radical (unpaired) electrons. The Labute approximate surface area is 87.5 Å². The van der Waals surface area contributed by atoms with Crippen LogP contribution in [0.5, 0.6) is 0 Å². The molecule has 0 saturated heterocycles. The minimum atomic E-state index is -0.967. The third-order valence-electron chi connectivity index (χ3n) is 1.61. The Morgan fingerprint density at radius 1 is 1.50 bits per heavy atom. The van der Waals surface area contributed by atoms with Gasteiger partial charge in [-0.25, -0.2) is 4.79 Å². The van der Waals surface area contributed by atoms with Gasteiger partial charge in [-0.2, -0.15) is 0 Å². The van der Waals surface area contributed by atoms with Gasteiger partial charge in [0, 0.05) is 16.7 Å². The molecule has 1 aromatic carbocycles. The van der Waals surface area contributed by atoms with Gasteiger partial charge in [-0.05, 0) is 19.1 Å². The fourth-order valence-corrected chi connectivity index (χ4v) is 1.87. The first kappa shape index (κ1) is 10.9. The molecule has 76 valence electrons. The Morgan fingerprint density at radius 3 is 2.71 bits per heavy atom. The maximum atomic E-state index is 10.3. The van der Waals surface area contributed by atoms with Crippen molar-refractivity contribution in [2.24, 2.45) is 0 Å². The molecule has 3 nitrogen and oxygen atoms in total. The van der Waals surface area contributed by atoms with Crippen molar-refractivity contribution in [3.8, 4) is 0 Å². The summed E-state index contributed by atoms with van der Waals surface area (Å²) < 4.78 is 0. The van der Waals surface area contributed by atoms with Gasteiger partial charge < -0.3 is 10.4 Å². The number of carboxylic acid groups (broad SMARTS) is 1. The number of nitrogens with one attached hydrogen (secondary N) is 1. The van der Waals surface area contributed by atoms with Crippen LogP contribution < -0.4 is 5.32 Å². The van der Waals surface area contributed by atoms with Crippen molar-refractivity contribution >= 4 is 17.9 Å². The van der Waals surface area contributed by atoms with Crippen molar-refractivity contribution in [1.82, 2.24) is 5.32 Å². The second kappa shape index (κ2) is 5.54. The molecule has 1 atom stereocenters. The van der Waals surface area contributed by atoms with E-state index in [1.807, 2.05) is 37.3 Å². The molecule has 0 fully saturated rings. The van der Waals surface area contributed by atoms with Crippen LogP contribution in [-0.4, -0.2) is 23.0 Å². The molecule has 0 aliphatic carbocycles. The maximum Gasteiger partial charge on any atom is 0.404 e. The largest absolute Gasteiger partial charge is 0.465 e. The molecule has 0 heterocycles.